The third kappa shape index (κ3) is 4.35. The fourth-order valence-electron chi connectivity index (χ4n) is 1.16. The molecule has 0 nitrogen and oxygen atoms in total. The Bertz CT molecular complexity index is 313. The zero-order valence-corrected chi connectivity index (χ0v) is 9.27. The van der Waals surface area contributed by atoms with Gasteiger partial charge in [-0.2, -0.15) is 0 Å². The van der Waals surface area contributed by atoms with Gasteiger partial charge in [0.2, 0.25) is 0 Å². The van der Waals surface area contributed by atoms with E-state index in [2.05, 4.69) is 18.8 Å². The van der Waals surface area contributed by atoms with Crippen molar-refractivity contribution in [2.45, 2.75) is 32.6 Å². The van der Waals surface area contributed by atoms with Gasteiger partial charge in [-0.25, -0.2) is 0 Å². The molecule has 1 aromatic rings. The second-order valence-electron chi connectivity index (χ2n) is 3.27. The van der Waals surface area contributed by atoms with Crippen molar-refractivity contribution in [1.82, 2.24) is 0 Å². The Labute approximate surface area is 91.3 Å². The van der Waals surface area contributed by atoms with E-state index in [4.69, 9.17) is 11.6 Å². The van der Waals surface area contributed by atoms with Crippen LogP contribution in [0.1, 0.15) is 38.2 Å². The molecule has 0 spiro atoms. The van der Waals surface area contributed by atoms with E-state index in [9.17, 15) is 0 Å². The van der Waals surface area contributed by atoms with E-state index in [0.29, 0.717) is 0 Å². The summed E-state index contributed by atoms with van der Waals surface area (Å²) in [7, 11) is 0. The fraction of sp³-hybridized carbons (Fsp3) is 0.385. The van der Waals surface area contributed by atoms with Crippen LogP contribution in [0, 0.1) is 11.8 Å². The lowest BCUT2D eigenvalue weighted by Gasteiger charge is -1.91. The molecule has 0 saturated heterocycles. The molecular weight excluding hydrogens is 192 g/mol. The predicted molar refractivity (Wildman–Crippen MR) is 62.5 cm³/mol. The van der Waals surface area contributed by atoms with Gasteiger partial charge in [-0.1, -0.05) is 43.2 Å². The van der Waals surface area contributed by atoms with Gasteiger partial charge in [-0.3, -0.25) is 0 Å². The monoisotopic (exact) mass is 206 g/mol. The van der Waals surface area contributed by atoms with Crippen molar-refractivity contribution in [1.29, 1.82) is 0 Å². The summed E-state index contributed by atoms with van der Waals surface area (Å²) in [4.78, 5) is 0. The largest absolute Gasteiger partial charge is 0.0979 e. The summed E-state index contributed by atoms with van der Waals surface area (Å²) in [6.45, 7) is 2.20. The Balaban J connectivity index is 2.39. The first-order valence-electron chi connectivity index (χ1n) is 5.07. The lowest BCUT2D eigenvalue weighted by Crippen LogP contribution is -1.74. The highest BCUT2D eigenvalue weighted by Gasteiger charge is 1.86. The van der Waals surface area contributed by atoms with E-state index in [-0.39, 0.29) is 0 Å². The summed E-state index contributed by atoms with van der Waals surface area (Å²) >= 11 is 5.77. The minimum Gasteiger partial charge on any atom is -0.0979 e. The highest BCUT2D eigenvalue weighted by Crippen LogP contribution is 2.08. The molecule has 0 bridgehead atoms. The van der Waals surface area contributed by atoms with E-state index in [1.54, 1.807) is 0 Å². The van der Waals surface area contributed by atoms with Crippen molar-refractivity contribution >= 4 is 11.6 Å². The number of unbranched alkanes of at least 4 members (excludes halogenated alkanes) is 3. The van der Waals surface area contributed by atoms with Gasteiger partial charge in [0.25, 0.3) is 0 Å². The van der Waals surface area contributed by atoms with Crippen LogP contribution >= 0.6 is 11.6 Å². The Hall–Kier alpha value is -0.930. The zero-order valence-electron chi connectivity index (χ0n) is 8.52. The molecule has 0 aliphatic heterocycles. The van der Waals surface area contributed by atoms with Crippen molar-refractivity contribution in [3.8, 4) is 11.8 Å². The summed E-state index contributed by atoms with van der Waals surface area (Å²) in [5, 5.41) is 0.765. The minimum atomic E-state index is 0.765. The van der Waals surface area contributed by atoms with Crippen LogP contribution in [0.2, 0.25) is 5.02 Å². The average molecular weight is 207 g/mol. The summed E-state index contributed by atoms with van der Waals surface area (Å²) in [5.41, 5.74) is 1.05. The summed E-state index contributed by atoms with van der Waals surface area (Å²) < 4.78 is 0. The summed E-state index contributed by atoms with van der Waals surface area (Å²) in [6.07, 6.45) is 4.73. The van der Waals surface area contributed by atoms with E-state index < -0.39 is 0 Å². The molecule has 1 aromatic carbocycles. The average Bonchev–Trinajstić information content (AvgIpc) is 2.21. The maximum atomic E-state index is 5.77. The van der Waals surface area contributed by atoms with Crippen LogP contribution in [0.4, 0.5) is 0 Å². The van der Waals surface area contributed by atoms with Crippen LogP contribution in [0.15, 0.2) is 24.3 Å². The molecule has 0 heterocycles. The van der Waals surface area contributed by atoms with E-state index in [1.807, 2.05) is 24.3 Å². The van der Waals surface area contributed by atoms with Crippen LogP contribution in [0.3, 0.4) is 0 Å². The van der Waals surface area contributed by atoms with E-state index in [1.165, 1.54) is 19.3 Å². The lowest BCUT2D eigenvalue weighted by molar-refractivity contribution is 0.737. The molecule has 0 radical (unpaired) electrons. The molecule has 0 aromatic heterocycles. The molecule has 74 valence electrons. The lowest BCUT2D eigenvalue weighted by atomic mass is 10.2. The molecule has 1 heteroatoms. The highest BCUT2D eigenvalue weighted by atomic mass is 35.5. The second kappa shape index (κ2) is 6.51. The molecule has 0 aliphatic carbocycles. The molecule has 1 rings (SSSR count). The molecule has 0 N–H and O–H groups in total. The smallest absolute Gasteiger partial charge is 0.0406 e. The SMILES string of the molecule is CCCCCC#Cc1ccc(Cl)cc1. The van der Waals surface area contributed by atoms with Gasteiger partial charge in [0.05, 0.1) is 0 Å². The Kier molecular flexibility index (Phi) is 5.19. The first kappa shape index (κ1) is 11.1. The molecule has 0 saturated carbocycles. The van der Waals surface area contributed by atoms with Crippen LogP contribution in [0.5, 0.6) is 0 Å². The van der Waals surface area contributed by atoms with Gasteiger partial charge in [0.1, 0.15) is 0 Å². The number of rotatable bonds is 3. The molecule has 0 fully saturated rings. The van der Waals surface area contributed by atoms with Gasteiger partial charge >= 0.3 is 0 Å². The standard InChI is InChI=1S/C13H15Cl/c1-2-3-4-5-6-7-12-8-10-13(14)11-9-12/h8-11H,2-5H2,1H3. The molecule has 0 unspecified atom stereocenters. The van der Waals surface area contributed by atoms with Crippen LogP contribution in [-0.2, 0) is 0 Å². The van der Waals surface area contributed by atoms with Crippen LogP contribution < -0.4 is 0 Å². The van der Waals surface area contributed by atoms with Gasteiger partial charge in [-0.15, -0.1) is 0 Å². The molecule has 14 heavy (non-hydrogen) atoms. The number of hydrogen-bond acceptors (Lipinski definition) is 0. The van der Waals surface area contributed by atoms with Crippen LogP contribution in [0.25, 0.3) is 0 Å². The Morgan fingerprint density at radius 1 is 1.14 bits per heavy atom. The fourth-order valence-corrected chi connectivity index (χ4v) is 1.29. The first-order chi connectivity index (χ1) is 6.83. The third-order valence-corrected chi connectivity index (χ3v) is 2.23. The number of benzene rings is 1. The van der Waals surface area contributed by atoms with Crippen molar-refractivity contribution < 1.29 is 0 Å². The molecule has 0 atom stereocenters. The maximum absolute atomic E-state index is 5.77. The Morgan fingerprint density at radius 3 is 2.50 bits per heavy atom. The maximum Gasteiger partial charge on any atom is 0.0406 e. The first-order valence-corrected chi connectivity index (χ1v) is 5.45. The summed E-state index contributed by atoms with van der Waals surface area (Å²) in [6, 6.07) is 7.65. The van der Waals surface area contributed by atoms with Gasteiger partial charge < -0.3 is 0 Å². The van der Waals surface area contributed by atoms with Crippen molar-refractivity contribution in [2.24, 2.45) is 0 Å². The van der Waals surface area contributed by atoms with Crippen molar-refractivity contribution in [2.75, 3.05) is 0 Å². The zero-order chi connectivity index (χ0) is 10.2. The third-order valence-electron chi connectivity index (χ3n) is 1.98. The summed E-state index contributed by atoms with van der Waals surface area (Å²) in [5.74, 6) is 6.28. The number of halogens is 1. The van der Waals surface area contributed by atoms with E-state index in [0.717, 1.165) is 17.0 Å². The topological polar surface area (TPSA) is 0 Å². The van der Waals surface area contributed by atoms with E-state index >= 15 is 0 Å². The van der Waals surface area contributed by atoms with Gasteiger partial charge in [0.15, 0.2) is 0 Å². The normalized spacial score (nSPS) is 9.29. The second-order valence-corrected chi connectivity index (χ2v) is 3.70. The molecule has 0 aliphatic rings. The quantitative estimate of drug-likeness (QED) is 0.512. The minimum absolute atomic E-state index is 0.765. The van der Waals surface area contributed by atoms with Gasteiger partial charge in [-0.05, 0) is 30.7 Å². The van der Waals surface area contributed by atoms with Gasteiger partial charge in [0, 0.05) is 17.0 Å². The predicted octanol–water partition coefficient (Wildman–Crippen LogP) is 4.27. The van der Waals surface area contributed by atoms with Crippen molar-refractivity contribution in [3.63, 3.8) is 0 Å². The van der Waals surface area contributed by atoms with Crippen molar-refractivity contribution in [3.05, 3.63) is 34.9 Å². The van der Waals surface area contributed by atoms with Crippen LogP contribution in [-0.4, -0.2) is 0 Å². The highest BCUT2D eigenvalue weighted by molar-refractivity contribution is 6.30. The number of hydrogen-bond donors (Lipinski definition) is 0. The molecule has 0 amide bonds. The molecular formula is C13H15Cl. The Morgan fingerprint density at radius 2 is 1.86 bits per heavy atom.